The van der Waals surface area contributed by atoms with Gasteiger partial charge in [-0.3, -0.25) is 4.79 Å². The highest BCUT2D eigenvalue weighted by molar-refractivity contribution is 6.42. The largest absolute Gasteiger partial charge is 0.350 e. The molecule has 1 heterocycles. The van der Waals surface area contributed by atoms with Crippen molar-refractivity contribution in [3.05, 3.63) is 33.8 Å². The summed E-state index contributed by atoms with van der Waals surface area (Å²) >= 11 is 12.2. The van der Waals surface area contributed by atoms with Crippen LogP contribution in [-0.4, -0.2) is 19.0 Å². The molecule has 1 aliphatic heterocycles. The van der Waals surface area contributed by atoms with E-state index in [4.69, 9.17) is 23.2 Å². The molecule has 0 aliphatic carbocycles. The van der Waals surface area contributed by atoms with Crippen LogP contribution in [0.25, 0.3) is 0 Å². The molecule has 1 fully saturated rings. The van der Waals surface area contributed by atoms with E-state index >= 15 is 0 Å². The van der Waals surface area contributed by atoms with Crippen molar-refractivity contribution >= 4 is 41.5 Å². The molecule has 1 saturated heterocycles. The third-order valence-electron chi connectivity index (χ3n) is 4.47. The second-order valence-electron chi connectivity index (χ2n) is 6.22. The highest BCUT2D eigenvalue weighted by Gasteiger charge is 2.23. The standard InChI is InChI=1S/C17H24Cl2N2O.ClH/c1-11(13-5-4-8-20-10-13)9-16(22)21-12(2)14-6-3-7-15(18)17(14)19;/h3,6-7,11-13,20H,4-5,8-10H2,1-2H3,(H,21,22);1H. The lowest BCUT2D eigenvalue weighted by Crippen LogP contribution is -2.36. The second kappa shape index (κ2) is 9.73. The molecule has 1 aromatic rings. The lowest BCUT2D eigenvalue weighted by molar-refractivity contribution is -0.123. The van der Waals surface area contributed by atoms with E-state index in [1.807, 2.05) is 19.1 Å². The molecule has 2 rings (SSSR count). The van der Waals surface area contributed by atoms with Crippen LogP contribution in [-0.2, 0) is 4.79 Å². The summed E-state index contributed by atoms with van der Waals surface area (Å²) in [5, 5.41) is 7.47. The second-order valence-corrected chi connectivity index (χ2v) is 7.01. The fraction of sp³-hybridized carbons (Fsp3) is 0.588. The molecule has 6 heteroatoms. The van der Waals surface area contributed by atoms with Crippen molar-refractivity contribution in [2.24, 2.45) is 11.8 Å². The maximum atomic E-state index is 12.3. The van der Waals surface area contributed by atoms with Crippen LogP contribution in [0.5, 0.6) is 0 Å². The molecule has 0 aromatic heterocycles. The zero-order valence-electron chi connectivity index (χ0n) is 13.6. The smallest absolute Gasteiger partial charge is 0.220 e. The third-order valence-corrected chi connectivity index (χ3v) is 5.31. The molecule has 130 valence electrons. The van der Waals surface area contributed by atoms with Gasteiger partial charge in [0.2, 0.25) is 5.91 Å². The molecule has 3 atom stereocenters. The maximum absolute atomic E-state index is 12.3. The Labute approximate surface area is 154 Å². The minimum Gasteiger partial charge on any atom is -0.350 e. The maximum Gasteiger partial charge on any atom is 0.220 e. The quantitative estimate of drug-likeness (QED) is 0.784. The minimum atomic E-state index is -0.143. The summed E-state index contributed by atoms with van der Waals surface area (Å²) in [5.74, 6) is 1.04. The van der Waals surface area contributed by atoms with E-state index in [0.717, 1.165) is 18.7 Å². The van der Waals surface area contributed by atoms with Gasteiger partial charge in [0.25, 0.3) is 0 Å². The van der Waals surface area contributed by atoms with E-state index in [-0.39, 0.29) is 24.4 Å². The van der Waals surface area contributed by atoms with Gasteiger partial charge in [0.15, 0.2) is 0 Å². The summed E-state index contributed by atoms with van der Waals surface area (Å²) in [5.41, 5.74) is 0.856. The summed E-state index contributed by atoms with van der Waals surface area (Å²) in [6.07, 6.45) is 2.96. The first kappa shape index (κ1) is 20.6. The number of piperidine rings is 1. The van der Waals surface area contributed by atoms with E-state index in [1.54, 1.807) is 6.07 Å². The van der Waals surface area contributed by atoms with E-state index in [0.29, 0.717) is 28.3 Å². The van der Waals surface area contributed by atoms with Crippen molar-refractivity contribution in [1.82, 2.24) is 10.6 Å². The van der Waals surface area contributed by atoms with Gasteiger partial charge in [-0.05, 0) is 56.3 Å². The van der Waals surface area contributed by atoms with E-state index in [2.05, 4.69) is 17.6 Å². The van der Waals surface area contributed by atoms with Crippen molar-refractivity contribution in [1.29, 1.82) is 0 Å². The summed E-state index contributed by atoms with van der Waals surface area (Å²) in [6, 6.07) is 5.35. The number of carbonyl (C=O) groups is 1. The molecule has 0 spiro atoms. The molecule has 3 nitrogen and oxygen atoms in total. The Balaban J connectivity index is 0.00000264. The van der Waals surface area contributed by atoms with Crippen molar-refractivity contribution in [3.8, 4) is 0 Å². The Morgan fingerprint density at radius 3 is 2.78 bits per heavy atom. The van der Waals surface area contributed by atoms with Gasteiger partial charge in [-0.1, -0.05) is 42.3 Å². The van der Waals surface area contributed by atoms with Gasteiger partial charge in [-0.2, -0.15) is 0 Å². The lowest BCUT2D eigenvalue weighted by Gasteiger charge is -2.28. The van der Waals surface area contributed by atoms with Gasteiger partial charge < -0.3 is 10.6 Å². The average molecular weight is 380 g/mol. The zero-order chi connectivity index (χ0) is 16.1. The van der Waals surface area contributed by atoms with Crippen molar-refractivity contribution in [2.45, 2.75) is 39.2 Å². The van der Waals surface area contributed by atoms with Crippen LogP contribution >= 0.6 is 35.6 Å². The molecule has 0 saturated carbocycles. The molecule has 1 aliphatic rings. The first-order chi connectivity index (χ1) is 10.5. The number of carbonyl (C=O) groups excluding carboxylic acids is 1. The first-order valence-corrected chi connectivity index (χ1v) is 8.68. The molecule has 0 bridgehead atoms. The fourth-order valence-electron chi connectivity index (χ4n) is 3.06. The lowest BCUT2D eigenvalue weighted by atomic mass is 9.85. The molecule has 1 amide bonds. The highest BCUT2D eigenvalue weighted by atomic mass is 35.5. The van der Waals surface area contributed by atoms with Crippen LogP contribution in [0.4, 0.5) is 0 Å². The van der Waals surface area contributed by atoms with Crippen LogP contribution in [0.15, 0.2) is 18.2 Å². The van der Waals surface area contributed by atoms with E-state index in [1.165, 1.54) is 12.8 Å². The van der Waals surface area contributed by atoms with Crippen LogP contribution in [0, 0.1) is 11.8 Å². The van der Waals surface area contributed by atoms with Crippen LogP contribution in [0.2, 0.25) is 10.0 Å². The molecule has 1 aromatic carbocycles. The molecule has 23 heavy (non-hydrogen) atoms. The predicted molar refractivity (Wildman–Crippen MR) is 99.6 cm³/mol. The topological polar surface area (TPSA) is 41.1 Å². The Hall–Kier alpha value is -0.480. The SMILES string of the molecule is CC(NC(=O)CC(C)C1CCCNC1)c1cccc(Cl)c1Cl.Cl. The van der Waals surface area contributed by atoms with Crippen molar-refractivity contribution in [2.75, 3.05) is 13.1 Å². The molecular formula is C17H25Cl3N2O. The number of benzene rings is 1. The normalized spacial score (nSPS) is 20.3. The van der Waals surface area contributed by atoms with Gasteiger partial charge in [0.05, 0.1) is 16.1 Å². The van der Waals surface area contributed by atoms with Gasteiger partial charge >= 0.3 is 0 Å². The summed E-state index contributed by atoms with van der Waals surface area (Å²) in [6.45, 7) is 6.21. The number of amides is 1. The van der Waals surface area contributed by atoms with Gasteiger partial charge in [0, 0.05) is 6.42 Å². The van der Waals surface area contributed by atoms with Gasteiger partial charge in [0.1, 0.15) is 0 Å². The van der Waals surface area contributed by atoms with Crippen LogP contribution < -0.4 is 10.6 Å². The predicted octanol–water partition coefficient (Wildman–Crippen LogP) is 4.62. The fourth-order valence-corrected chi connectivity index (χ4v) is 3.53. The number of halogens is 3. The summed E-state index contributed by atoms with van der Waals surface area (Å²) in [4.78, 5) is 12.3. The van der Waals surface area contributed by atoms with Crippen molar-refractivity contribution in [3.63, 3.8) is 0 Å². The number of nitrogens with one attached hydrogen (secondary N) is 2. The first-order valence-electron chi connectivity index (χ1n) is 7.93. The number of hydrogen-bond acceptors (Lipinski definition) is 2. The molecule has 3 unspecified atom stereocenters. The Kier molecular flexibility index (Phi) is 8.70. The zero-order valence-corrected chi connectivity index (χ0v) is 15.9. The monoisotopic (exact) mass is 378 g/mol. The Bertz CT molecular complexity index is 519. The van der Waals surface area contributed by atoms with E-state index in [9.17, 15) is 4.79 Å². The highest BCUT2D eigenvalue weighted by Crippen LogP contribution is 2.30. The van der Waals surface area contributed by atoms with E-state index < -0.39 is 0 Å². The Morgan fingerprint density at radius 1 is 1.39 bits per heavy atom. The van der Waals surface area contributed by atoms with Crippen molar-refractivity contribution < 1.29 is 4.79 Å². The average Bonchev–Trinajstić information content (AvgIpc) is 2.50. The number of hydrogen-bond donors (Lipinski definition) is 2. The molecule has 2 N–H and O–H groups in total. The molecular weight excluding hydrogens is 355 g/mol. The van der Waals surface area contributed by atoms with Gasteiger partial charge in [-0.15, -0.1) is 12.4 Å². The van der Waals surface area contributed by atoms with Gasteiger partial charge in [-0.25, -0.2) is 0 Å². The number of rotatable bonds is 5. The summed E-state index contributed by atoms with van der Waals surface area (Å²) < 4.78 is 0. The summed E-state index contributed by atoms with van der Waals surface area (Å²) in [7, 11) is 0. The van der Waals surface area contributed by atoms with Crippen LogP contribution in [0.3, 0.4) is 0 Å². The minimum absolute atomic E-state index is 0. The molecule has 0 radical (unpaired) electrons. The van der Waals surface area contributed by atoms with Crippen LogP contribution in [0.1, 0.15) is 44.7 Å². The third kappa shape index (κ3) is 5.82. The Morgan fingerprint density at radius 2 is 2.13 bits per heavy atom.